The first-order chi connectivity index (χ1) is 8.97. The largest absolute Gasteiger partial charge is 0.451 e. The molecule has 0 spiro atoms. The van der Waals surface area contributed by atoms with Crippen molar-refractivity contribution in [3.63, 3.8) is 0 Å². The van der Waals surface area contributed by atoms with Crippen molar-refractivity contribution in [1.29, 1.82) is 0 Å². The van der Waals surface area contributed by atoms with Gasteiger partial charge in [-0.25, -0.2) is 0 Å². The van der Waals surface area contributed by atoms with Crippen molar-refractivity contribution in [2.24, 2.45) is 0 Å². The molecule has 0 aliphatic rings. The van der Waals surface area contributed by atoms with Crippen LogP contribution < -0.4 is 0 Å². The van der Waals surface area contributed by atoms with Crippen LogP contribution in [0.4, 0.5) is 13.2 Å². The first-order valence-corrected chi connectivity index (χ1v) is 5.88. The third-order valence-corrected chi connectivity index (χ3v) is 2.83. The molecule has 1 aromatic rings. The number of carbonyl (C=O) groups is 2. The summed E-state index contributed by atoms with van der Waals surface area (Å²) in [4.78, 5) is 23.2. The van der Waals surface area contributed by atoms with E-state index in [4.69, 9.17) is 4.74 Å². The summed E-state index contributed by atoms with van der Waals surface area (Å²) in [6, 6.07) is 3.36. The van der Waals surface area contributed by atoms with E-state index in [0.717, 1.165) is 19.1 Å². The quantitative estimate of drug-likeness (QED) is 0.631. The number of Topliss-reactive ketones (excluding diaryl/α,β-unsaturated/α-hetero) is 1. The van der Waals surface area contributed by atoms with Gasteiger partial charge in [0.2, 0.25) is 5.78 Å². The number of hydrogen-bond acceptors (Lipinski definition) is 3. The number of esters is 1. The van der Waals surface area contributed by atoms with Gasteiger partial charge in [-0.15, -0.1) is 0 Å². The predicted octanol–water partition coefficient (Wildman–Crippen LogP) is 3.54. The number of benzene rings is 1. The Morgan fingerprint density at radius 3 is 2.15 bits per heavy atom. The van der Waals surface area contributed by atoms with Crippen LogP contribution in [0.3, 0.4) is 0 Å². The van der Waals surface area contributed by atoms with Crippen LogP contribution in [0.15, 0.2) is 18.2 Å². The summed E-state index contributed by atoms with van der Waals surface area (Å²) in [6.45, 7) is 5.04. The van der Waals surface area contributed by atoms with Crippen molar-refractivity contribution < 1.29 is 27.5 Å². The van der Waals surface area contributed by atoms with Gasteiger partial charge in [-0.2, -0.15) is 13.2 Å². The second-order valence-electron chi connectivity index (χ2n) is 4.91. The molecule has 3 nitrogen and oxygen atoms in total. The molecular weight excluding hydrogens is 273 g/mol. The molecule has 0 aliphatic carbocycles. The molecule has 1 aromatic carbocycles. The van der Waals surface area contributed by atoms with E-state index in [0.29, 0.717) is 0 Å². The lowest BCUT2D eigenvalue weighted by Gasteiger charge is -2.24. The molecule has 110 valence electrons. The Hall–Kier alpha value is -1.85. The molecule has 0 saturated carbocycles. The van der Waals surface area contributed by atoms with Crippen LogP contribution in [0.1, 0.15) is 42.3 Å². The van der Waals surface area contributed by atoms with Gasteiger partial charge in [0, 0.05) is 12.5 Å². The van der Waals surface area contributed by atoms with Crippen molar-refractivity contribution >= 4 is 11.8 Å². The number of rotatable bonds is 3. The summed E-state index contributed by atoms with van der Waals surface area (Å²) >= 11 is 0. The molecule has 0 amide bonds. The average Bonchev–Trinajstić information content (AvgIpc) is 2.25. The normalized spacial score (nSPS) is 12.2. The second kappa shape index (κ2) is 5.26. The lowest BCUT2D eigenvalue weighted by molar-refractivity contribution is -0.149. The molecule has 0 saturated heterocycles. The third-order valence-electron chi connectivity index (χ3n) is 2.83. The molecule has 0 heterocycles. The zero-order chi connectivity index (χ0) is 15.7. The molecule has 0 unspecified atom stereocenters. The Bertz CT molecular complexity index is 545. The topological polar surface area (TPSA) is 43.4 Å². The standard InChI is InChI=1S/C14H15F3O3/c1-8-10(6-5-7-11(8)14(15,16)17)12(19)13(3,4)20-9(2)18/h5-7H,1-4H3. The van der Waals surface area contributed by atoms with E-state index in [1.165, 1.54) is 26.8 Å². The summed E-state index contributed by atoms with van der Waals surface area (Å²) in [7, 11) is 0. The van der Waals surface area contributed by atoms with Crippen molar-refractivity contribution in [1.82, 2.24) is 0 Å². The lowest BCUT2D eigenvalue weighted by Crippen LogP contribution is -2.37. The molecule has 0 aliphatic heterocycles. The Morgan fingerprint density at radius 1 is 1.15 bits per heavy atom. The smallest absolute Gasteiger partial charge is 0.416 e. The lowest BCUT2D eigenvalue weighted by atomic mass is 9.91. The fraction of sp³-hybridized carbons (Fsp3) is 0.429. The second-order valence-corrected chi connectivity index (χ2v) is 4.91. The van der Waals surface area contributed by atoms with Crippen LogP contribution in [0, 0.1) is 6.92 Å². The first kappa shape index (κ1) is 16.2. The van der Waals surface area contributed by atoms with E-state index in [-0.39, 0.29) is 11.1 Å². The summed E-state index contributed by atoms with van der Waals surface area (Å²) < 4.78 is 43.3. The van der Waals surface area contributed by atoms with Crippen molar-refractivity contribution in [3.05, 3.63) is 34.9 Å². The zero-order valence-corrected chi connectivity index (χ0v) is 11.6. The molecule has 0 aromatic heterocycles. The van der Waals surface area contributed by atoms with E-state index in [2.05, 4.69) is 0 Å². The molecule has 0 atom stereocenters. The van der Waals surface area contributed by atoms with Gasteiger partial charge in [0.15, 0.2) is 5.60 Å². The third kappa shape index (κ3) is 3.37. The zero-order valence-electron chi connectivity index (χ0n) is 11.6. The van der Waals surface area contributed by atoms with E-state index >= 15 is 0 Å². The maximum absolute atomic E-state index is 12.8. The molecular formula is C14H15F3O3. The highest BCUT2D eigenvalue weighted by Gasteiger charge is 2.37. The van der Waals surface area contributed by atoms with Crippen LogP contribution in [-0.4, -0.2) is 17.4 Å². The fourth-order valence-electron chi connectivity index (χ4n) is 1.92. The molecule has 1 rings (SSSR count). The highest BCUT2D eigenvalue weighted by molar-refractivity contribution is 6.04. The van der Waals surface area contributed by atoms with Crippen LogP contribution in [-0.2, 0) is 15.7 Å². The van der Waals surface area contributed by atoms with Crippen molar-refractivity contribution in [2.45, 2.75) is 39.5 Å². The number of halogens is 3. The molecule has 0 N–H and O–H groups in total. The Morgan fingerprint density at radius 2 is 1.70 bits per heavy atom. The average molecular weight is 288 g/mol. The Kier molecular flexibility index (Phi) is 4.27. The van der Waals surface area contributed by atoms with Gasteiger partial charge in [0.05, 0.1) is 5.56 Å². The molecule has 6 heteroatoms. The summed E-state index contributed by atoms with van der Waals surface area (Å²) in [5.74, 6) is -1.34. The molecule has 20 heavy (non-hydrogen) atoms. The maximum atomic E-state index is 12.8. The van der Waals surface area contributed by atoms with Crippen LogP contribution in [0.2, 0.25) is 0 Å². The minimum absolute atomic E-state index is 0.105. The van der Waals surface area contributed by atoms with E-state index < -0.39 is 29.1 Å². The summed E-state index contributed by atoms with van der Waals surface area (Å²) in [6.07, 6.45) is -4.54. The molecule has 0 bridgehead atoms. The summed E-state index contributed by atoms with van der Waals surface area (Å²) in [5.41, 5.74) is -2.67. The number of hydrogen-bond donors (Lipinski definition) is 0. The van der Waals surface area contributed by atoms with E-state index in [9.17, 15) is 22.8 Å². The molecule has 0 fully saturated rings. The summed E-state index contributed by atoms with van der Waals surface area (Å²) in [5, 5.41) is 0. The number of ether oxygens (including phenoxy) is 1. The van der Waals surface area contributed by atoms with Crippen LogP contribution >= 0.6 is 0 Å². The van der Waals surface area contributed by atoms with Crippen LogP contribution in [0.25, 0.3) is 0 Å². The highest BCUT2D eigenvalue weighted by atomic mass is 19.4. The Balaban J connectivity index is 3.28. The monoisotopic (exact) mass is 288 g/mol. The van der Waals surface area contributed by atoms with Gasteiger partial charge < -0.3 is 4.74 Å². The van der Waals surface area contributed by atoms with Gasteiger partial charge in [0.1, 0.15) is 0 Å². The van der Waals surface area contributed by atoms with Gasteiger partial charge in [-0.05, 0) is 32.4 Å². The number of carbonyl (C=O) groups excluding carboxylic acids is 2. The van der Waals surface area contributed by atoms with E-state index in [1.54, 1.807) is 0 Å². The number of alkyl halides is 3. The molecule has 0 radical (unpaired) electrons. The SMILES string of the molecule is CC(=O)OC(C)(C)C(=O)c1cccc(C(F)(F)F)c1C. The van der Waals surface area contributed by atoms with E-state index in [1.807, 2.05) is 0 Å². The van der Waals surface area contributed by atoms with Gasteiger partial charge in [-0.1, -0.05) is 12.1 Å². The highest BCUT2D eigenvalue weighted by Crippen LogP contribution is 2.34. The Labute approximate surface area is 114 Å². The van der Waals surface area contributed by atoms with Crippen LogP contribution in [0.5, 0.6) is 0 Å². The van der Waals surface area contributed by atoms with Crippen molar-refractivity contribution in [3.8, 4) is 0 Å². The number of ketones is 1. The predicted molar refractivity (Wildman–Crippen MR) is 66.4 cm³/mol. The minimum Gasteiger partial charge on any atom is -0.451 e. The van der Waals surface area contributed by atoms with Gasteiger partial charge in [-0.3, -0.25) is 9.59 Å². The fourth-order valence-corrected chi connectivity index (χ4v) is 1.92. The first-order valence-electron chi connectivity index (χ1n) is 5.88. The maximum Gasteiger partial charge on any atom is 0.416 e. The van der Waals surface area contributed by atoms with Crippen molar-refractivity contribution in [2.75, 3.05) is 0 Å². The van der Waals surface area contributed by atoms with Gasteiger partial charge in [0.25, 0.3) is 0 Å². The van der Waals surface area contributed by atoms with Gasteiger partial charge >= 0.3 is 12.1 Å². The minimum atomic E-state index is -4.54.